The Morgan fingerprint density at radius 3 is 3.12 bits per heavy atom. The molecule has 2 aromatic heterocycles. The smallest absolute Gasteiger partial charge is 0.257 e. The maximum Gasteiger partial charge on any atom is 0.257 e. The van der Waals surface area contributed by atoms with E-state index in [0.717, 1.165) is 18.2 Å². The van der Waals surface area contributed by atoms with Crippen LogP contribution in [0.2, 0.25) is 0 Å². The van der Waals surface area contributed by atoms with Gasteiger partial charge in [0.15, 0.2) is 0 Å². The number of carbonyl (C=O) groups is 2. The summed E-state index contributed by atoms with van der Waals surface area (Å²) >= 11 is 0. The second-order valence-electron chi connectivity index (χ2n) is 6.01. The minimum Gasteiger partial charge on any atom is -0.355 e. The summed E-state index contributed by atoms with van der Waals surface area (Å²) in [6.07, 6.45) is 3.07. The van der Waals surface area contributed by atoms with Crippen molar-refractivity contribution in [1.82, 2.24) is 20.4 Å². The number of nitrogens with one attached hydrogen (secondary N) is 1. The van der Waals surface area contributed by atoms with Gasteiger partial charge in [0.2, 0.25) is 5.91 Å². The van der Waals surface area contributed by atoms with E-state index in [1.165, 1.54) is 6.20 Å². The second kappa shape index (κ2) is 6.96. The number of fused-ring (bicyclic) bond motifs is 1. The molecule has 0 spiro atoms. The highest BCUT2D eigenvalue weighted by Gasteiger charge is 2.29. The van der Waals surface area contributed by atoms with Gasteiger partial charge in [-0.2, -0.15) is 0 Å². The van der Waals surface area contributed by atoms with E-state index in [1.54, 1.807) is 17.9 Å². The molecule has 0 bridgehead atoms. The van der Waals surface area contributed by atoms with Gasteiger partial charge in [0.25, 0.3) is 11.6 Å². The number of likely N-dealkylation sites (tertiary alicyclic amines) is 1. The van der Waals surface area contributed by atoms with Gasteiger partial charge in [0, 0.05) is 32.4 Å². The fourth-order valence-electron chi connectivity index (χ4n) is 2.96. The molecule has 1 aliphatic rings. The highest BCUT2D eigenvalue weighted by molar-refractivity contribution is 5.97. The molecule has 3 heterocycles. The van der Waals surface area contributed by atoms with E-state index in [2.05, 4.69) is 15.5 Å². The number of carbonyl (C=O) groups excluding carboxylic acids is 2. The zero-order valence-electron chi connectivity index (χ0n) is 13.6. The molecule has 2 amide bonds. The second-order valence-corrected chi connectivity index (χ2v) is 6.01. The van der Waals surface area contributed by atoms with Crippen LogP contribution in [-0.4, -0.2) is 53.0 Å². The van der Waals surface area contributed by atoms with Crippen molar-refractivity contribution in [2.75, 3.05) is 26.2 Å². The summed E-state index contributed by atoms with van der Waals surface area (Å²) in [4.78, 5) is 30.7. The first-order valence-electron chi connectivity index (χ1n) is 8.09. The number of amides is 2. The van der Waals surface area contributed by atoms with Crippen LogP contribution in [0.25, 0.3) is 11.1 Å². The Kier molecular flexibility index (Phi) is 4.75. The molecule has 0 saturated carbocycles. The summed E-state index contributed by atoms with van der Waals surface area (Å²) in [5.74, 6) is -0.356. The number of aryl methyl sites for hydroxylation is 1. The van der Waals surface area contributed by atoms with Gasteiger partial charge in [-0.3, -0.25) is 9.59 Å². The number of rotatable bonds is 4. The number of aromatic nitrogens is 2. The number of hydrogen-bond donors (Lipinski definition) is 2. The van der Waals surface area contributed by atoms with E-state index in [4.69, 9.17) is 10.3 Å². The maximum absolute atomic E-state index is 12.7. The third kappa shape index (κ3) is 3.23. The third-order valence-corrected chi connectivity index (χ3v) is 4.28. The van der Waals surface area contributed by atoms with Gasteiger partial charge < -0.3 is 20.5 Å². The molecule has 1 fully saturated rings. The molecule has 24 heavy (non-hydrogen) atoms. The van der Waals surface area contributed by atoms with Crippen LogP contribution in [0.5, 0.6) is 0 Å². The van der Waals surface area contributed by atoms with Crippen molar-refractivity contribution in [3.8, 4) is 0 Å². The number of nitrogens with zero attached hydrogens (tertiary/aromatic N) is 3. The molecule has 8 nitrogen and oxygen atoms in total. The van der Waals surface area contributed by atoms with Crippen LogP contribution in [0.15, 0.2) is 16.8 Å². The van der Waals surface area contributed by atoms with E-state index in [-0.39, 0.29) is 17.7 Å². The van der Waals surface area contributed by atoms with Crippen LogP contribution in [0.4, 0.5) is 0 Å². The number of pyridine rings is 1. The minimum atomic E-state index is -0.191. The molecule has 1 aliphatic heterocycles. The number of piperidine rings is 1. The largest absolute Gasteiger partial charge is 0.355 e. The zero-order valence-corrected chi connectivity index (χ0v) is 13.6. The van der Waals surface area contributed by atoms with E-state index in [1.807, 2.05) is 0 Å². The lowest BCUT2D eigenvalue weighted by Gasteiger charge is -2.32. The van der Waals surface area contributed by atoms with Crippen LogP contribution in [0.3, 0.4) is 0 Å². The van der Waals surface area contributed by atoms with Gasteiger partial charge in [0.05, 0.1) is 22.6 Å². The summed E-state index contributed by atoms with van der Waals surface area (Å²) in [7, 11) is 0. The average molecular weight is 331 g/mol. The van der Waals surface area contributed by atoms with Gasteiger partial charge in [0.1, 0.15) is 0 Å². The van der Waals surface area contributed by atoms with Crippen molar-refractivity contribution >= 4 is 22.9 Å². The molecule has 1 atom stereocenters. The molecular formula is C16H21N5O3. The monoisotopic (exact) mass is 331 g/mol. The molecule has 2 aromatic rings. The van der Waals surface area contributed by atoms with Crippen LogP contribution in [-0.2, 0) is 4.79 Å². The fourth-order valence-corrected chi connectivity index (χ4v) is 2.96. The molecule has 3 rings (SSSR count). The molecular weight excluding hydrogens is 310 g/mol. The number of hydrogen-bond acceptors (Lipinski definition) is 6. The van der Waals surface area contributed by atoms with Gasteiger partial charge in [-0.05, 0) is 25.8 Å². The van der Waals surface area contributed by atoms with Crippen LogP contribution in [0.1, 0.15) is 28.9 Å². The predicted molar refractivity (Wildman–Crippen MR) is 87.2 cm³/mol. The maximum atomic E-state index is 12.7. The predicted octanol–water partition coefficient (Wildman–Crippen LogP) is 0.458. The van der Waals surface area contributed by atoms with E-state index >= 15 is 0 Å². The van der Waals surface area contributed by atoms with E-state index < -0.39 is 0 Å². The Bertz CT molecular complexity index is 757. The van der Waals surface area contributed by atoms with Crippen molar-refractivity contribution in [2.24, 2.45) is 11.7 Å². The first-order chi connectivity index (χ1) is 11.6. The Morgan fingerprint density at radius 1 is 1.50 bits per heavy atom. The molecule has 0 radical (unpaired) electrons. The van der Waals surface area contributed by atoms with E-state index in [9.17, 15) is 9.59 Å². The highest BCUT2D eigenvalue weighted by Crippen LogP contribution is 2.21. The summed E-state index contributed by atoms with van der Waals surface area (Å²) < 4.78 is 5.07. The first-order valence-corrected chi connectivity index (χ1v) is 8.09. The lowest BCUT2D eigenvalue weighted by Crippen LogP contribution is -2.46. The molecule has 3 N–H and O–H groups in total. The average Bonchev–Trinajstić information content (AvgIpc) is 2.99. The van der Waals surface area contributed by atoms with Crippen molar-refractivity contribution < 1.29 is 14.1 Å². The Morgan fingerprint density at radius 2 is 2.33 bits per heavy atom. The minimum absolute atomic E-state index is 0.0404. The lowest BCUT2D eigenvalue weighted by molar-refractivity contribution is -0.126. The van der Waals surface area contributed by atoms with Crippen molar-refractivity contribution in [1.29, 1.82) is 0 Å². The molecule has 0 aromatic carbocycles. The van der Waals surface area contributed by atoms with Crippen LogP contribution in [0, 0.1) is 12.8 Å². The lowest BCUT2D eigenvalue weighted by atomic mass is 9.96. The van der Waals surface area contributed by atoms with Crippen molar-refractivity contribution in [3.63, 3.8) is 0 Å². The van der Waals surface area contributed by atoms with Gasteiger partial charge in [-0.25, -0.2) is 4.98 Å². The van der Waals surface area contributed by atoms with Crippen LogP contribution < -0.4 is 11.1 Å². The molecule has 8 heteroatoms. The molecule has 1 saturated heterocycles. The van der Waals surface area contributed by atoms with Crippen molar-refractivity contribution in [3.05, 3.63) is 23.5 Å². The SMILES string of the molecule is Cc1noc2ncc(C(=O)N3CCCC(C(=O)NCCN)C3)cc12. The quantitative estimate of drug-likeness (QED) is 0.841. The summed E-state index contributed by atoms with van der Waals surface area (Å²) in [5, 5.41) is 7.37. The third-order valence-electron chi connectivity index (χ3n) is 4.28. The normalized spacial score (nSPS) is 17.9. The fraction of sp³-hybridized carbons (Fsp3) is 0.500. The van der Waals surface area contributed by atoms with Crippen molar-refractivity contribution in [2.45, 2.75) is 19.8 Å². The molecule has 0 aliphatic carbocycles. The standard InChI is InChI=1S/C16H21N5O3/c1-10-13-7-12(8-19-15(13)24-20-10)16(23)21-6-2-3-11(9-21)14(22)18-5-4-17/h7-8,11H,2-6,9,17H2,1H3,(H,18,22). The Labute approximate surface area is 139 Å². The molecule has 1 unspecified atom stereocenters. The summed E-state index contributed by atoms with van der Waals surface area (Å²) in [6, 6.07) is 1.74. The summed E-state index contributed by atoms with van der Waals surface area (Å²) in [5.41, 5.74) is 7.01. The van der Waals surface area contributed by atoms with Gasteiger partial charge >= 0.3 is 0 Å². The Hall–Kier alpha value is -2.48. The molecule has 128 valence electrons. The highest BCUT2D eigenvalue weighted by atomic mass is 16.5. The van der Waals surface area contributed by atoms with Crippen LogP contribution >= 0.6 is 0 Å². The topological polar surface area (TPSA) is 114 Å². The first kappa shape index (κ1) is 16.4. The van der Waals surface area contributed by atoms with Gasteiger partial charge in [-0.1, -0.05) is 5.16 Å². The van der Waals surface area contributed by atoms with Gasteiger partial charge in [-0.15, -0.1) is 0 Å². The summed E-state index contributed by atoms with van der Waals surface area (Å²) in [6.45, 7) is 3.72. The number of nitrogens with two attached hydrogens (primary N) is 1. The zero-order chi connectivity index (χ0) is 17.1. The van der Waals surface area contributed by atoms with E-state index in [0.29, 0.717) is 43.1 Å². The Balaban J connectivity index is 1.73.